The summed E-state index contributed by atoms with van der Waals surface area (Å²) >= 11 is 0. The fourth-order valence-corrected chi connectivity index (χ4v) is 0. The Labute approximate surface area is 79.1 Å². The molecular weight excluding hydrogens is 180 g/mol. The third-order valence-corrected chi connectivity index (χ3v) is 0. The minimum absolute atomic E-state index is 0. The Hall–Kier alpha value is 1.18. The number of hydrogen-bond donors (Lipinski definition) is 0. The van der Waals surface area contributed by atoms with Crippen molar-refractivity contribution in [2.45, 2.75) is 0 Å². The first-order valence-electron chi connectivity index (χ1n) is 0.408. The number of hydrogen-bond acceptors (Lipinski definition) is 2. The van der Waals surface area contributed by atoms with Crippen molar-refractivity contribution >= 4 is 32.3 Å². The third kappa shape index (κ3) is 198. The van der Waals surface area contributed by atoms with Crippen molar-refractivity contribution in [2.24, 2.45) is 0 Å². The molecule has 0 N–H and O–H groups in total. The molecule has 8 heteroatoms. The van der Waals surface area contributed by atoms with Crippen LogP contribution in [0.25, 0.3) is 0 Å². The van der Waals surface area contributed by atoms with Gasteiger partial charge in [-0.1, -0.05) is 0 Å². The van der Waals surface area contributed by atoms with E-state index >= 15 is 0 Å². The maximum atomic E-state index is 8.40. The fourth-order valence-electron chi connectivity index (χ4n) is 0. The van der Waals surface area contributed by atoms with Crippen LogP contribution < -0.4 is 0 Å². The van der Waals surface area contributed by atoms with Gasteiger partial charge in [-0.15, -0.1) is 0 Å². The third-order valence-electron chi connectivity index (χ3n) is 0. The van der Waals surface area contributed by atoms with Crippen LogP contribution in [0.15, 0.2) is 0 Å². The molecule has 0 saturated carbocycles. The first-order valence-corrected chi connectivity index (χ1v) is 1.22. The largest absolute Gasteiger partial charge is 4.00 e. The van der Waals surface area contributed by atoms with Gasteiger partial charge in [-0.3, -0.25) is 8.92 Å². The van der Waals surface area contributed by atoms with E-state index < -0.39 is 9.29 Å². The molecule has 0 radical (unpaired) electrons. The van der Waals surface area contributed by atoms with Crippen LogP contribution in [0.5, 0.6) is 0 Å². The van der Waals surface area contributed by atoms with Crippen LogP contribution in [0.2, 0.25) is 0 Å². The van der Waals surface area contributed by atoms with Gasteiger partial charge < -0.3 is 16.4 Å². The zero-order valence-corrected chi connectivity index (χ0v) is 7.72. The van der Waals surface area contributed by atoms with Crippen LogP contribution in [0, 0.1) is 0 Å². The second-order valence-corrected chi connectivity index (χ2v) is 0.250. The molecule has 0 aliphatic heterocycles. The van der Waals surface area contributed by atoms with Gasteiger partial charge in [0.25, 0.3) is 0 Å². The van der Waals surface area contributed by atoms with E-state index in [1.165, 1.54) is 0 Å². The molecule has 40 valence electrons. The van der Waals surface area contributed by atoms with E-state index in [4.69, 9.17) is 8.92 Å². The molecule has 8 heavy (non-hydrogen) atoms. The summed E-state index contributed by atoms with van der Waals surface area (Å²) in [6.07, 6.45) is 0. The summed E-state index contributed by atoms with van der Waals surface area (Å²) in [5.74, 6) is 0. The van der Waals surface area contributed by atoms with E-state index in [-0.39, 0.29) is 61.2 Å². The van der Waals surface area contributed by atoms with Crippen molar-refractivity contribution in [3.63, 3.8) is 0 Å². The molecule has 0 aromatic carbocycles. The Morgan fingerprint density at radius 2 is 0.875 bits per heavy atom. The van der Waals surface area contributed by atoms with Gasteiger partial charge in [0.15, 0.2) is 0 Å². The van der Waals surface area contributed by atoms with Crippen LogP contribution in [0.3, 0.4) is 0 Å². The predicted octanol–water partition coefficient (Wildman–Crippen LogP) is -1.36. The maximum Gasteiger partial charge on any atom is 4.00 e. The molecule has 0 heterocycles. The van der Waals surface area contributed by atoms with Gasteiger partial charge in [-0.25, -0.2) is 0 Å². The molecule has 5 nitrogen and oxygen atoms in total. The van der Waals surface area contributed by atoms with Crippen molar-refractivity contribution < 1.29 is 47.1 Å². The normalized spacial score (nSPS) is 1.00. The molecule has 0 saturated heterocycles. The molecule has 0 bridgehead atoms. The zero-order valence-electron chi connectivity index (χ0n) is 3.75. The Kier molecular flexibility index (Phi) is 675. The Bertz CT molecular complexity index is 33.4. The minimum Gasteiger partial charge on any atom is -2.00 e. The summed E-state index contributed by atoms with van der Waals surface area (Å²) in [5.41, 5.74) is 0. The fraction of sp³-hybridized carbons (Fsp3) is 0. The Balaban J connectivity index is -0.00000000200. The van der Waals surface area contributed by atoms with Gasteiger partial charge in [-0.2, -0.15) is 0 Å². The van der Waals surface area contributed by atoms with Gasteiger partial charge in [-0.05, 0) is 0 Å². The zero-order chi connectivity index (χ0) is 2.71. The monoisotopic (exact) mass is 180 g/mol. The second-order valence-electron chi connectivity index (χ2n) is 0.0833. The second kappa shape index (κ2) is 88.9. The van der Waals surface area contributed by atoms with E-state index in [2.05, 4.69) is 0 Å². The Morgan fingerprint density at radius 3 is 0.875 bits per heavy atom. The van der Waals surface area contributed by atoms with Crippen molar-refractivity contribution in [1.29, 1.82) is 0 Å². The first-order chi connectivity index (χ1) is 1.41. The molecular formula is MgO5SiTi. The van der Waals surface area contributed by atoms with Gasteiger partial charge >= 0.3 is 54.1 Å². The van der Waals surface area contributed by atoms with Gasteiger partial charge in [0, 0.05) is 0 Å². The molecule has 0 unspecified atom stereocenters. The summed E-state index contributed by atoms with van der Waals surface area (Å²) in [6.45, 7) is 0. The van der Waals surface area contributed by atoms with Crippen molar-refractivity contribution in [1.82, 2.24) is 0 Å². The van der Waals surface area contributed by atoms with E-state index in [0.717, 1.165) is 0 Å². The van der Waals surface area contributed by atoms with Crippen LogP contribution in [0.1, 0.15) is 0 Å². The van der Waals surface area contributed by atoms with Crippen LogP contribution in [-0.2, 0) is 47.1 Å². The Morgan fingerprint density at radius 1 is 0.875 bits per heavy atom. The van der Waals surface area contributed by atoms with Crippen LogP contribution in [-0.4, -0.2) is 32.3 Å². The maximum absolute atomic E-state index is 8.40. The number of rotatable bonds is 0. The summed E-state index contributed by atoms with van der Waals surface area (Å²) in [5, 5.41) is 0. The van der Waals surface area contributed by atoms with Gasteiger partial charge in [0.1, 0.15) is 0 Å². The smallest absolute Gasteiger partial charge is 2.00 e. The molecule has 0 aromatic heterocycles. The van der Waals surface area contributed by atoms with Crippen LogP contribution in [0.4, 0.5) is 0 Å². The topological polar surface area (TPSA) is 120 Å². The van der Waals surface area contributed by atoms with E-state index in [1.54, 1.807) is 0 Å². The van der Waals surface area contributed by atoms with Crippen molar-refractivity contribution in [3.8, 4) is 0 Å². The quantitative estimate of drug-likeness (QED) is 0.428. The molecule has 0 fully saturated rings. The summed E-state index contributed by atoms with van der Waals surface area (Å²) < 4.78 is 16.8. The van der Waals surface area contributed by atoms with Crippen molar-refractivity contribution in [3.05, 3.63) is 0 Å². The van der Waals surface area contributed by atoms with Crippen molar-refractivity contribution in [2.75, 3.05) is 0 Å². The summed E-state index contributed by atoms with van der Waals surface area (Å²) in [6, 6.07) is 0. The van der Waals surface area contributed by atoms with Gasteiger partial charge in [0.05, 0.1) is 0 Å². The van der Waals surface area contributed by atoms with E-state index in [0.29, 0.717) is 0 Å². The summed E-state index contributed by atoms with van der Waals surface area (Å²) in [4.78, 5) is 0. The van der Waals surface area contributed by atoms with E-state index in [1.807, 2.05) is 0 Å². The average molecular weight is 180 g/mol. The van der Waals surface area contributed by atoms with E-state index in [9.17, 15) is 0 Å². The first kappa shape index (κ1) is 60.8. The van der Waals surface area contributed by atoms with Crippen LogP contribution >= 0.6 is 0 Å². The molecule has 0 aliphatic rings. The summed E-state index contributed by atoms with van der Waals surface area (Å²) in [7, 11) is -1.42. The molecule has 0 spiro atoms. The standard InChI is InChI=1S/Mg.O2Si.3O.Ti/c;1-3-2;;;;/q+2;;3*-2;+4. The molecule has 0 aromatic rings. The molecule has 0 aliphatic carbocycles. The SMILES string of the molecule is O=[Si]=O.[Mg+2].[O-2].[O-2].[O-2].[Ti+4]. The molecule has 0 amide bonds. The average Bonchev–Trinajstić information content (AvgIpc) is 0.918. The predicted molar refractivity (Wildman–Crippen MR) is 14.9 cm³/mol. The van der Waals surface area contributed by atoms with Gasteiger partial charge in [0.2, 0.25) is 0 Å². The minimum atomic E-state index is -1.42. The molecule has 0 rings (SSSR count). The molecule has 0 atom stereocenters.